The van der Waals surface area contributed by atoms with Crippen molar-refractivity contribution in [3.8, 4) is 0 Å². The normalized spacial score (nSPS) is 16.9. The molecule has 4 rings (SSSR count). The minimum atomic E-state index is -0.273. The Balaban J connectivity index is 0.000000269. The third-order valence-corrected chi connectivity index (χ3v) is 5.30. The number of hydrogen-bond acceptors (Lipinski definition) is 6. The van der Waals surface area contributed by atoms with E-state index in [2.05, 4.69) is 31.7 Å². The molecule has 0 saturated heterocycles. The minimum absolute atomic E-state index is 0.00908. The van der Waals surface area contributed by atoms with Crippen LogP contribution < -0.4 is 16.4 Å². The van der Waals surface area contributed by atoms with Gasteiger partial charge in [0, 0.05) is 48.5 Å². The highest BCUT2D eigenvalue weighted by Crippen LogP contribution is 2.28. The maximum absolute atomic E-state index is 12.3. The van der Waals surface area contributed by atoms with Crippen LogP contribution in [0.3, 0.4) is 0 Å². The molecule has 32 heavy (non-hydrogen) atoms. The fourth-order valence-electron chi connectivity index (χ4n) is 3.57. The van der Waals surface area contributed by atoms with Gasteiger partial charge >= 0.3 is 6.03 Å². The van der Waals surface area contributed by atoms with Gasteiger partial charge in [0.2, 0.25) is 0 Å². The molecule has 2 amide bonds. The molecule has 3 heterocycles. The van der Waals surface area contributed by atoms with E-state index in [1.807, 2.05) is 32.3 Å². The fourth-order valence-corrected chi connectivity index (χ4v) is 3.57. The quantitative estimate of drug-likeness (QED) is 0.539. The molecule has 1 aliphatic carbocycles. The van der Waals surface area contributed by atoms with Crippen molar-refractivity contribution >= 4 is 30.0 Å². The SMILES string of the molecule is Cc1cc(C=N)ccn1.Cc1cnc(NC(=O)NC2CCCC3=C2C=NC=CC3)cc1N. The van der Waals surface area contributed by atoms with Crippen molar-refractivity contribution in [3.05, 3.63) is 70.8 Å². The van der Waals surface area contributed by atoms with Crippen LogP contribution in [0.15, 0.2) is 59.0 Å². The second-order valence-corrected chi connectivity index (χ2v) is 7.77. The summed E-state index contributed by atoms with van der Waals surface area (Å²) < 4.78 is 0. The van der Waals surface area contributed by atoms with Gasteiger partial charge in [0.1, 0.15) is 5.82 Å². The van der Waals surface area contributed by atoms with Crippen molar-refractivity contribution in [1.82, 2.24) is 15.3 Å². The Bertz CT molecular complexity index is 1070. The first-order chi connectivity index (χ1) is 15.5. The zero-order chi connectivity index (χ0) is 22.9. The topological polar surface area (TPSA) is 129 Å². The van der Waals surface area contributed by atoms with E-state index in [4.69, 9.17) is 11.1 Å². The van der Waals surface area contributed by atoms with Crippen molar-refractivity contribution in [2.24, 2.45) is 4.99 Å². The molecule has 1 atom stereocenters. The van der Waals surface area contributed by atoms with E-state index in [0.29, 0.717) is 11.5 Å². The number of aromatic nitrogens is 2. The number of hydrogen-bond donors (Lipinski definition) is 4. The van der Waals surface area contributed by atoms with Gasteiger partial charge in [0.05, 0.1) is 6.04 Å². The van der Waals surface area contributed by atoms with Crippen molar-refractivity contribution in [1.29, 1.82) is 5.41 Å². The van der Waals surface area contributed by atoms with E-state index < -0.39 is 0 Å². The molecule has 5 N–H and O–H groups in total. The third kappa shape index (κ3) is 6.34. The number of nitrogens with two attached hydrogens (primary N) is 1. The number of anilines is 2. The van der Waals surface area contributed by atoms with Crippen LogP contribution in [0.2, 0.25) is 0 Å². The number of pyridine rings is 2. The highest BCUT2D eigenvalue weighted by atomic mass is 16.2. The lowest BCUT2D eigenvalue weighted by Gasteiger charge is -2.26. The second kappa shape index (κ2) is 11.0. The van der Waals surface area contributed by atoms with Gasteiger partial charge < -0.3 is 16.5 Å². The molecule has 2 aromatic heterocycles. The number of carbonyl (C=O) groups excluding carboxylic acids is 1. The average Bonchev–Trinajstić information content (AvgIpc) is 3.03. The van der Waals surface area contributed by atoms with Crippen LogP contribution in [0.1, 0.15) is 42.5 Å². The number of allylic oxidation sites excluding steroid dienone is 2. The van der Waals surface area contributed by atoms with E-state index in [0.717, 1.165) is 48.1 Å². The molecule has 8 nitrogen and oxygen atoms in total. The summed E-state index contributed by atoms with van der Waals surface area (Å²) in [5.41, 5.74) is 11.7. The minimum Gasteiger partial charge on any atom is -0.398 e. The lowest BCUT2D eigenvalue weighted by Crippen LogP contribution is -2.41. The van der Waals surface area contributed by atoms with Gasteiger partial charge in [-0.2, -0.15) is 0 Å². The van der Waals surface area contributed by atoms with Crippen LogP contribution in [-0.4, -0.2) is 34.5 Å². The highest BCUT2D eigenvalue weighted by Gasteiger charge is 2.23. The summed E-state index contributed by atoms with van der Waals surface area (Å²) in [6.07, 6.45) is 14.4. The Kier molecular flexibility index (Phi) is 7.85. The van der Waals surface area contributed by atoms with E-state index in [1.165, 1.54) is 11.8 Å². The van der Waals surface area contributed by atoms with Crippen molar-refractivity contribution in [2.45, 2.75) is 45.6 Å². The van der Waals surface area contributed by atoms with Crippen molar-refractivity contribution in [2.75, 3.05) is 11.1 Å². The van der Waals surface area contributed by atoms with E-state index in [-0.39, 0.29) is 12.1 Å². The number of urea groups is 1. The van der Waals surface area contributed by atoms with Gasteiger partial charge in [-0.3, -0.25) is 15.3 Å². The molecular formula is C24H29N7O. The number of aryl methyl sites for hydroxylation is 2. The van der Waals surface area contributed by atoms with Gasteiger partial charge in [-0.1, -0.05) is 11.6 Å². The summed E-state index contributed by atoms with van der Waals surface area (Å²) >= 11 is 0. The first-order valence-electron chi connectivity index (χ1n) is 10.6. The number of rotatable bonds is 3. The molecule has 2 aromatic rings. The van der Waals surface area contributed by atoms with Gasteiger partial charge in [-0.15, -0.1) is 0 Å². The molecule has 0 spiro atoms. The molecule has 0 bridgehead atoms. The molecule has 0 fully saturated rings. The summed E-state index contributed by atoms with van der Waals surface area (Å²) in [7, 11) is 0. The fraction of sp³-hybridized carbons (Fsp3) is 0.292. The Morgan fingerprint density at radius 3 is 2.84 bits per heavy atom. The predicted octanol–water partition coefficient (Wildman–Crippen LogP) is 4.32. The first kappa shape index (κ1) is 22.9. The number of nitrogen functional groups attached to an aromatic ring is 1. The number of aliphatic imine (C=N–C) groups is 1. The van der Waals surface area contributed by atoms with Gasteiger partial charge in [0.25, 0.3) is 0 Å². The predicted molar refractivity (Wildman–Crippen MR) is 129 cm³/mol. The van der Waals surface area contributed by atoms with Crippen molar-refractivity contribution < 1.29 is 4.79 Å². The first-order valence-corrected chi connectivity index (χ1v) is 10.6. The van der Waals surface area contributed by atoms with Gasteiger partial charge in [-0.25, -0.2) is 9.78 Å². The van der Waals surface area contributed by atoms with E-state index in [9.17, 15) is 4.79 Å². The Labute approximate surface area is 188 Å². The summed E-state index contributed by atoms with van der Waals surface area (Å²) in [4.78, 5) is 24.7. The summed E-state index contributed by atoms with van der Waals surface area (Å²) in [6, 6.07) is 5.06. The Hall–Kier alpha value is -3.81. The van der Waals surface area contributed by atoms with Crippen LogP contribution in [0.25, 0.3) is 0 Å². The standard InChI is InChI=1S/C17H21N5O.C7H8N2/c1-11-9-20-16(8-14(11)18)22-17(23)21-15-6-2-4-12-5-3-7-19-10-13(12)15;1-6-4-7(5-8)2-3-9-6/h3,7-10,15H,2,4-6H2,1H3,(H4,18,20,21,22,23);2-5,8H,1H3. The Morgan fingerprint density at radius 1 is 1.28 bits per heavy atom. The second-order valence-electron chi connectivity index (χ2n) is 7.77. The molecule has 1 aliphatic heterocycles. The maximum Gasteiger partial charge on any atom is 0.320 e. The number of amides is 2. The number of carbonyl (C=O) groups is 1. The summed E-state index contributed by atoms with van der Waals surface area (Å²) in [6.45, 7) is 3.79. The number of nitrogens with zero attached hydrogens (tertiary/aromatic N) is 3. The Morgan fingerprint density at radius 2 is 2.12 bits per heavy atom. The highest BCUT2D eigenvalue weighted by molar-refractivity contribution is 5.91. The largest absolute Gasteiger partial charge is 0.398 e. The average molecular weight is 432 g/mol. The summed E-state index contributed by atoms with van der Waals surface area (Å²) in [5, 5.41) is 12.7. The van der Waals surface area contributed by atoms with E-state index in [1.54, 1.807) is 24.5 Å². The molecule has 0 saturated carbocycles. The van der Waals surface area contributed by atoms with Crippen LogP contribution in [-0.2, 0) is 0 Å². The van der Waals surface area contributed by atoms with E-state index >= 15 is 0 Å². The zero-order valence-electron chi connectivity index (χ0n) is 18.4. The van der Waals surface area contributed by atoms with Gasteiger partial charge in [0.15, 0.2) is 0 Å². The lowest BCUT2D eigenvalue weighted by molar-refractivity contribution is 0.249. The van der Waals surface area contributed by atoms with Crippen LogP contribution in [0.4, 0.5) is 16.3 Å². The maximum atomic E-state index is 12.3. The molecular weight excluding hydrogens is 402 g/mol. The van der Waals surface area contributed by atoms with Crippen LogP contribution in [0, 0.1) is 19.3 Å². The molecule has 0 radical (unpaired) electrons. The van der Waals surface area contributed by atoms with Crippen molar-refractivity contribution in [3.63, 3.8) is 0 Å². The van der Waals surface area contributed by atoms with Crippen LogP contribution >= 0.6 is 0 Å². The number of nitrogens with one attached hydrogen (secondary N) is 3. The molecule has 0 aromatic carbocycles. The lowest BCUT2D eigenvalue weighted by atomic mass is 9.87. The molecule has 1 unspecified atom stereocenters. The third-order valence-electron chi connectivity index (χ3n) is 5.30. The summed E-state index contributed by atoms with van der Waals surface area (Å²) in [5.74, 6) is 0.451. The van der Waals surface area contributed by atoms with Crippen LogP contribution in [0.5, 0.6) is 0 Å². The zero-order valence-corrected chi connectivity index (χ0v) is 18.4. The molecule has 166 valence electrons. The monoisotopic (exact) mass is 431 g/mol. The molecule has 8 heteroatoms. The smallest absolute Gasteiger partial charge is 0.320 e. The molecule has 2 aliphatic rings. The van der Waals surface area contributed by atoms with Gasteiger partial charge in [-0.05, 0) is 68.4 Å².